The minimum Gasteiger partial charge on any atom is -0.297 e. The third kappa shape index (κ3) is 1.75. The SMILES string of the molecule is C1=CC(N2CCCCC2)CC=N1. The second kappa shape index (κ2) is 3.85. The number of aliphatic imine (C=N–C) groups is 1. The molecule has 2 aliphatic heterocycles. The highest BCUT2D eigenvalue weighted by Crippen LogP contribution is 2.15. The highest BCUT2D eigenvalue weighted by atomic mass is 15.2. The van der Waals surface area contributed by atoms with Gasteiger partial charge in [0, 0.05) is 24.9 Å². The Morgan fingerprint density at radius 1 is 1.17 bits per heavy atom. The van der Waals surface area contributed by atoms with E-state index in [0.717, 1.165) is 6.42 Å². The van der Waals surface area contributed by atoms with Gasteiger partial charge in [0.15, 0.2) is 0 Å². The second-order valence-corrected chi connectivity index (χ2v) is 3.57. The van der Waals surface area contributed by atoms with E-state index in [2.05, 4.69) is 16.0 Å². The minimum absolute atomic E-state index is 0.641. The summed E-state index contributed by atoms with van der Waals surface area (Å²) in [5.74, 6) is 0. The monoisotopic (exact) mass is 164 g/mol. The molecule has 0 N–H and O–H groups in total. The van der Waals surface area contributed by atoms with Gasteiger partial charge in [-0.1, -0.05) is 6.42 Å². The third-order valence-corrected chi connectivity index (χ3v) is 2.71. The van der Waals surface area contributed by atoms with Crippen LogP contribution >= 0.6 is 0 Å². The lowest BCUT2D eigenvalue weighted by molar-refractivity contribution is 0.194. The van der Waals surface area contributed by atoms with E-state index in [1.807, 2.05) is 12.4 Å². The van der Waals surface area contributed by atoms with E-state index in [-0.39, 0.29) is 0 Å². The maximum absolute atomic E-state index is 4.09. The van der Waals surface area contributed by atoms with Crippen LogP contribution in [0.25, 0.3) is 0 Å². The molecular formula is C10H16N2. The van der Waals surface area contributed by atoms with Crippen molar-refractivity contribution < 1.29 is 0 Å². The molecule has 1 atom stereocenters. The van der Waals surface area contributed by atoms with Crippen molar-refractivity contribution in [2.45, 2.75) is 31.7 Å². The normalized spacial score (nSPS) is 30.8. The van der Waals surface area contributed by atoms with Crippen LogP contribution in [0.1, 0.15) is 25.7 Å². The second-order valence-electron chi connectivity index (χ2n) is 3.57. The zero-order chi connectivity index (χ0) is 8.23. The number of piperidine rings is 1. The molecule has 1 unspecified atom stereocenters. The number of likely N-dealkylation sites (tertiary alicyclic amines) is 1. The fourth-order valence-corrected chi connectivity index (χ4v) is 1.98. The summed E-state index contributed by atoms with van der Waals surface area (Å²) in [5, 5.41) is 0. The van der Waals surface area contributed by atoms with E-state index in [0.29, 0.717) is 6.04 Å². The summed E-state index contributed by atoms with van der Waals surface area (Å²) in [6.07, 6.45) is 11.5. The molecule has 66 valence electrons. The van der Waals surface area contributed by atoms with Crippen LogP contribution < -0.4 is 0 Å². The summed E-state index contributed by atoms with van der Waals surface area (Å²) in [4.78, 5) is 6.66. The fraction of sp³-hybridized carbons (Fsp3) is 0.700. The van der Waals surface area contributed by atoms with Gasteiger partial charge in [0.1, 0.15) is 0 Å². The van der Waals surface area contributed by atoms with E-state index in [4.69, 9.17) is 0 Å². The maximum Gasteiger partial charge on any atom is 0.0345 e. The molecule has 1 fully saturated rings. The van der Waals surface area contributed by atoms with Gasteiger partial charge in [-0.15, -0.1) is 0 Å². The first-order chi connectivity index (χ1) is 5.97. The van der Waals surface area contributed by atoms with E-state index in [9.17, 15) is 0 Å². The average molecular weight is 164 g/mol. The van der Waals surface area contributed by atoms with Crippen LogP contribution in [0.5, 0.6) is 0 Å². The third-order valence-electron chi connectivity index (χ3n) is 2.71. The van der Waals surface area contributed by atoms with Crippen molar-refractivity contribution in [3.63, 3.8) is 0 Å². The number of hydrogen-bond acceptors (Lipinski definition) is 2. The molecule has 0 aromatic carbocycles. The number of rotatable bonds is 1. The summed E-state index contributed by atoms with van der Waals surface area (Å²) in [6.45, 7) is 2.56. The number of nitrogens with zero attached hydrogens (tertiary/aromatic N) is 2. The van der Waals surface area contributed by atoms with Gasteiger partial charge in [-0.3, -0.25) is 9.89 Å². The van der Waals surface area contributed by atoms with E-state index < -0.39 is 0 Å². The molecule has 0 saturated carbocycles. The topological polar surface area (TPSA) is 15.6 Å². The molecule has 1 saturated heterocycles. The summed E-state index contributed by atoms with van der Waals surface area (Å²) in [5.41, 5.74) is 0. The summed E-state index contributed by atoms with van der Waals surface area (Å²) >= 11 is 0. The lowest BCUT2D eigenvalue weighted by Crippen LogP contribution is -2.38. The molecular weight excluding hydrogens is 148 g/mol. The van der Waals surface area contributed by atoms with E-state index in [1.165, 1.54) is 32.4 Å². The molecule has 12 heavy (non-hydrogen) atoms. The van der Waals surface area contributed by atoms with Gasteiger partial charge < -0.3 is 0 Å². The van der Waals surface area contributed by atoms with Crippen molar-refractivity contribution in [2.75, 3.05) is 13.1 Å². The summed E-state index contributed by atoms with van der Waals surface area (Å²) in [6, 6.07) is 0.641. The quantitative estimate of drug-likeness (QED) is 0.577. The summed E-state index contributed by atoms with van der Waals surface area (Å²) < 4.78 is 0. The molecule has 0 aromatic heterocycles. The summed E-state index contributed by atoms with van der Waals surface area (Å²) in [7, 11) is 0. The first kappa shape index (κ1) is 7.99. The Kier molecular flexibility index (Phi) is 2.57. The molecule has 0 spiro atoms. The Morgan fingerprint density at radius 3 is 2.67 bits per heavy atom. The Balaban J connectivity index is 1.90. The number of hydrogen-bond donors (Lipinski definition) is 0. The molecule has 0 aromatic rings. The molecule has 0 aliphatic carbocycles. The molecule has 0 radical (unpaired) electrons. The molecule has 2 rings (SSSR count). The van der Waals surface area contributed by atoms with Gasteiger partial charge in [-0.25, -0.2) is 0 Å². The van der Waals surface area contributed by atoms with Gasteiger partial charge in [0.2, 0.25) is 0 Å². The van der Waals surface area contributed by atoms with Crippen molar-refractivity contribution in [2.24, 2.45) is 4.99 Å². The van der Waals surface area contributed by atoms with Crippen molar-refractivity contribution in [1.29, 1.82) is 0 Å². The minimum atomic E-state index is 0.641. The van der Waals surface area contributed by atoms with Crippen molar-refractivity contribution in [1.82, 2.24) is 4.90 Å². The Bertz CT molecular complexity index is 190. The van der Waals surface area contributed by atoms with Crippen molar-refractivity contribution in [3.8, 4) is 0 Å². The van der Waals surface area contributed by atoms with Crippen molar-refractivity contribution in [3.05, 3.63) is 12.3 Å². The highest BCUT2D eigenvalue weighted by molar-refractivity contribution is 5.60. The average Bonchev–Trinajstić information content (AvgIpc) is 2.21. The predicted octanol–water partition coefficient (Wildman–Crippen LogP) is 1.83. The first-order valence-corrected chi connectivity index (χ1v) is 4.89. The molecule has 0 bridgehead atoms. The Labute approximate surface area is 74.0 Å². The highest BCUT2D eigenvalue weighted by Gasteiger charge is 2.17. The lowest BCUT2D eigenvalue weighted by Gasteiger charge is -2.32. The van der Waals surface area contributed by atoms with Crippen LogP contribution in [-0.4, -0.2) is 30.2 Å². The molecule has 2 nitrogen and oxygen atoms in total. The smallest absolute Gasteiger partial charge is 0.0345 e. The van der Waals surface area contributed by atoms with Crippen LogP contribution in [0.3, 0.4) is 0 Å². The first-order valence-electron chi connectivity index (χ1n) is 4.89. The molecule has 2 heteroatoms. The zero-order valence-corrected chi connectivity index (χ0v) is 7.45. The van der Waals surface area contributed by atoms with Crippen LogP contribution in [0.4, 0.5) is 0 Å². The Morgan fingerprint density at radius 2 is 2.00 bits per heavy atom. The van der Waals surface area contributed by atoms with Crippen LogP contribution in [0.15, 0.2) is 17.3 Å². The standard InChI is InChI=1S/C10H16N2/c1-2-8-12(9-3-1)10-4-6-11-7-5-10/h4,6-7,10H,1-3,5,8-9H2. The van der Waals surface area contributed by atoms with Crippen LogP contribution in [0, 0.1) is 0 Å². The molecule has 0 amide bonds. The van der Waals surface area contributed by atoms with Crippen molar-refractivity contribution >= 4 is 6.21 Å². The zero-order valence-electron chi connectivity index (χ0n) is 7.45. The lowest BCUT2D eigenvalue weighted by atomic mass is 10.1. The van der Waals surface area contributed by atoms with Gasteiger partial charge in [-0.05, 0) is 32.0 Å². The van der Waals surface area contributed by atoms with Crippen LogP contribution in [-0.2, 0) is 0 Å². The van der Waals surface area contributed by atoms with E-state index >= 15 is 0 Å². The van der Waals surface area contributed by atoms with Crippen LogP contribution in [0.2, 0.25) is 0 Å². The maximum atomic E-state index is 4.09. The van der Waals surface area contributed by atoms with Gasteiger partial charge >= 0.3 is 0 Å². The predicted molar refractivity (Wildman–Crippen MR) is 51.5 cm³/mol. The Hall–Kier alpha value is -0.630. The van der Waals surface area contributed by atoms with E-state index in [1.54, 1.807) is 0 Å². The van der Waals surface area contributed by atoms with Gasteiger partial charge in [-0.2, -0.15) is 0 Å². The molecule has 2 heterocycles. The van der Waals surface area contributed by atoms with Gasteiger partial charge in [0.05, 0.1) is 0 Å². The molecule has 2 aliphatic rings. The van der Waals surface area contributed by atoms with Gasteiger partial charge in [0.25, 0.3) is 0 Å². The fourth-order valence-electron chi connectivity index (χ4n) is 1.98. The largest absolute Gasteiger partial charge is 0.297 e.